The summed E-state index contributed by atoms with van der Waals surface area (Å²) in [6.45, 7) is 5.36. The molecule has 0 spiro atoms. The average Bonchev–Trinajstić information content (AvgIpc) is 2.92. The molecule has 1 aromatic carbocycles. The molecule has 3 rings (SSSR count). The Kier molecular flexibility index (Phi) is 5.53. The molecule has 1 aliphatic carbocycles. The molecule has 1 amide bonds. The number of carbonyl (C=O) groups excluding carboxylic acids is 1. The zero-order valence-corrected chi connectivity index (χ0v) is 15.2. The van der Waals surface area contributed by atoms with Crippen LogP contribution >= 0.6 is 0 Å². The van der Waals surface area contributed by atoms with Crippen LogP contribution in [-0.4, -0.2) is 28.3 Å². The normalized spacial score (nSPS) is 20.4. The summed E-state index contributed by atoms with van der Waals surface area (Å²) < 4.78 is 1.97. The van der Waals surface area contributed by atoms with Crippen LogP contribution in [0.1, 0.15) is 53.0 Å². The number of aryl methyl sites for hydroxylation is 2. The van der Waals surface area contributed by atoms with Crippen molar-refractivity contribution >= 4 is 5.91 Å². The van der Waals surface area contributed by atoms with Crippen molar-refractivity contribution in [3.63, 3.8) is 0 Å². The molecule has 1 fully saturated rings. The number of nitrogens with two attached hydrogens (primary N) is 1. The Labute approximate surface area is 149 Å². The largest absolute Gasteiger partial charge is 0.349 e. The minimum Gasteiger partial charge on any atom is -0.349 e. The molecule has 5 heteroatoms. The van der Waals surface area contributed by atoms with E-state index in [-0.39, 0.29) is 11.9 Å². The molecule has 0 saturated heterocycles. The highest BCUT2D eigenvalue weighted by molar-refractivity contribution is 5.94. The first-order chi connectivity index (χ1) is 12.1. The van der Waals surface area contributed by atoms with E-state index < -0.39 is 0 Å². The van der Waals surface area contributed by atoms with Gasteiger partial charge < -0.3 is 11.1 Å². The fourth-order valence-corrected chi connectivity index (χ4v) is 3.75. The van der Waals surface area contributed by atoms with Crippen LogP contribution in [0.4, 0.5) is 0 Å². The summed E-state index contributed by atoms with van der Waals surface area (Å²) in [7, 11) is 0. The van der Waals surface area contributed by atoms with Crippen LogP contribution in [0.25, 0.3) is 0 Å². The van der Waals surface area contributed by atoms with Crippen molar-refractivity contribution in [2.75, 3.05) is 6.54 Å². The van der Waals surface area contributed by atoms with E-state index in [2.05, 4.69) is 16.5 Å². The van der Waals surface area contributed by atoms with Gasteiger partial charge in [0.25, 0.3) is 5.91 Å². The highest BCUT2D eigenvalue weighted by atomic mass is 16.1. The lowest BCUT2D eigenvalue weighted by molar-refractivity contribution is 0.0908. The standard InChI is InChI=1S/C20H28N4O/c1-14-10-15(2)24(23-14)13-16-6-5-8-17(11-16)20(25)22-19-9-4-3-7-18(19)12-21/h5-6,8,10-11,18-19H,3-4,7,9,12-13,21H2,1-2H3,(H,22,25). The number of nitrogens with one attached hydrogen (secondary N) is 1. The van der Waals surface area contributed by atoms with Gasteiger partial charge in [0.1, 0.15) is 0 Å². The van der Waals surface area contributed by atoms with Gasteiger partial charge in [-0.25, -0.2) is 0 Å². The van der Waals surface area contributed by atoms with Crippen LogP contribution in [-0.2, 0) is 6.54 Å². The topological polar surface area (TPSA) is 72.9 Å². The molecule has 25 heavy (non-hydrogen) atoms. The molecule has 1 aliphatic rings. The molecule has 5 nitrogen and oxygen atoms in total. The molecule has 1 heterocycles. The Morgan fingerprint density at radius 2 is 2.08 bits per heavy atom. The number of aromatic nitrogens is 2. The summed E-state index contributed by atoms with van der Waals surface area (Å²) in [5, 5.41) is 7.70. The SMILES string of the molecule is Cc1cc(C)n(Cc2cccc(C(=O)NC3CCCCC3CN)c2)n1. The van der Waals surface area contributed by atoms with Gasteiger partial charge in [0.15, 0.2) is 0 Å². The van der Waals surface area contributed by atoms with Gasteiger partial charge in [-0.3, -0.25) is 9.48 Å². The molecule has 1 saturated carbocycles. The molecule has 1 aromatic heterocycles. The second kappa shape index (κ2) is 7.83. The van der Waals surface area contributed by atoms with E-state index in [0.717, 1.165) is 29.8 Å². The maximum atomic E-state index is 12.7. The second-order valence-electron chi connectivity index (χ2n) is 7.15. The Morgan fingerprint density at radius 3 is 2.80 bits per heavy atom. The van der Waals surface area contributed by atoms with Crippen LogP contribution in [0.2, 0.25) is 0 Å². The first-order valence-corrected chi connectivity index (χ1v) is 9.17. The summed E-state index contributed by atoms with van der Waals surface area (Å²) in [6, 6.07) is 10.1. The van der Waals surface area contributed by atoms with E-state index in [1.807, 2.05) is 42.8 Å². The molecule has 0 radical (unpaired) electrons. The van der Waals surface area contributed by atoms with Crippen LogP contribution in [0, 0.1) is 19.8 Å². The van der Waals surface area contributed by atoms with E-state index in [0.29, 0.717) is 24.6 Å². The zero-order chi connectivity index (χ0) is 17.8. The van der Waals surface area contributed by atoms with Gasteiger partial charge >= 0.3 is 0 Å². The van der Waals surface area contributed by atoms with Gasteiger partial charge in [0.05, 0.1) is 12.2 Å². The third kappa shape index (κ3) is 4.28. The number of nitrogens with zero attached hydrogens (tertiary/aromatic N) is 2. The molecule has 2 unspecified atom stereocenters. The first kappa shape index (κ1) is 17.7. The van der Waals surface area contributed by atoms with Gasteiger partial charge in [0, 0.05) is 17.3 Å². The maximum Gasteiger partial charge on any atom is 0.251 e. The predicted octanol–water partition coefficient (Wildman–Crippen LogP) is 2.80. The molecular weight excluding hydrogens is 312 g/mol. The van der Waals surface area contributed by atoms with Gasteiger partial charge in [0.2, 0.25) is 0 Å². The Hall–Kier alpha value is -2.14. The molecule has 2 atom stereocenters. The number of benzene rings is 1. The lowest BCUT2D eigenvalue weighted by Gasteiger charge is -2.31. The first-order valence-electron chi connectivity index (χ1n) is 9.17. The minimum absolute atomic E-state index is 0.000526. The van der Waals surface area contributed by atoms with Gasteiger partial charge in [-0.15, -0.1) is 0 Å². The molecular formula is C20H28N4O. The quantitative estimate of drug-likeness (QED) is 0.879. The van der Waals surface area contributed by atoms with Crippen LogP contribution in [0.15, 0.2) is 30.3 Å². The maximum absolute atomic E-state index is 12.7. The van der Waals surface area contributed by atoms with Crippen molar-refractivity contribution in [1.29, 1.82) is 0 Å². The van der Waals surface area contributed by atoms with Crippen molar-refractivity contribution in [3.05, 3.63) is 52.8 Å². The summed E-state index contributed by atoms with van der Waals surface area (Å²) in [6.07, 6.45) is 4.52. The summed E-state index contributed by atoms with van der Waals surface area (Å²) in [5.74, 6) is 0.399. The molecule has 0 bridgehead atoms. The third-order valence-corrected chi connectivity index (χ3v) is 5.15. The van der Waals surface area contributed by atoms with Crippen LogP contribution in [0.3, 0.4) is 0 Å². The van der Waals surface area contributed by atoms with Gasteiger partial charge in [-0.05, 0) is 62.9 Å². The molecule has 134 valence electrons. The van der Waals surface area contributed by atoms with E-state index in [1.165, 1.54) is 12.8 Å². The van der Waals surface area contributed by atoms with Gasteiger partial charge in [-0.2, -0.15) is 5.10 Å². The molecule has 3 N–H and O–H groups in total. The summed E-state index contributed by atoms with van der Waals surface area (Å²) in [4.78, 5) is 12.7. The van der Waals surface area contributed by atoms with Crippen molar-refractivity contribution in [2.45, 2.75) is 52.1 Å². The average molecular weight is 340 g/mol. The Bertz CT molecular complexity index is 737. The lowest BCUT2D eigenvalue weighted by Crippen LogP contribution is -2.44. The van der Waals surface area contributed by atoms with Crippen LogP contribution < -0.4 is 11.1 Å². The second-order valence-corrected chi connectivity index (χ2v) is 7.15. The highest BCUT2D eigenvalue weighted by Gasteiger charge is 2.25. The summed E-state index contributed by atoms with van der Waals surface area (Å²) in [5.41, 5.74) is 9.80. The molecule has 2 aromatic rings. The van der Waals surface area contributed by atoms with E-state index >= 15 is 0 Å². The van der Waals surface area contributed by atoms with Crippen LogP contribution in [0.5, 0.6) is 0 Å². The van der Waals surface area contributed by atoms with E-state index in [1.54, 1.807) is 0 Å². The number of amides is 1. The Morgan fingerprint density at radius 1 is 1.28 bits per heavy atom. The van der Waals surface area contributed by atoms with Crippen molar-refractivity contribution in [1.82, 2.24) is 15.1 Å². The fraction of sp³-hybridized carbons (Fsp3) is 0.500. The number of hydrogen-bond acceptors (Lipinski definition) is 3. The van der Waals surface area contributed by atoms with Crippen molar-refractivity contribution in [3.8, 4) is 0 Å². The minimum atomic E-state index is 0.000526. The number of hydrogen-bond donors (Lipinski definition) is 2. The Balaban J connectivity index is 1.70. The van der Waals surface area contributed by atoms with E-state index in [4.69, 9.17) is 5.73 Å². The third-order valence-electron chi connectivity index (χ3n) is 5.15. The van der Waals surface area contributed by atoms with Gasteiger partial charge in [-0.1, -0.05) is 25.0 Å². The lowest BCUT2D eigenvalue weighted by atomic mass is 9.84. The highest BCUT2D eigenvalue weighted by Crippen LogP contribution is 2.24. The van der Waals surface area contributed by atoms with Crippen molar-refractivity contribution in [2.24, 2.45) is 11.7 Å². The van der Waals surface area contributed by atoms with E-state index in [9.17, 15) is 4.79 Å². The number of carbonyl (C=O) groups is 1. The smallest absolute Gasteiger partial charge is 0.251 e. The monoisotopic (exact) mass is 340 g/mol. The summed E-state index contributed by atoms with van der Waals surface area (Å²) >= 11 is 0. The zero-order valence-electron chi connectivity index (χ0n) is 15.2. The number of rotatable bonds is 5. The molecule has 0 aliphatic heterocycles. The fourth-order valence-electron chi connectivity index (χ4n) is 3.75. The van der Waals surface area contributed by atoms with Crippen molar-refractivity contribution < 1.29 is 4.79 Å². The predicted molar refractivity (Wildman–Crippen MR) is 99.5 cm³/mol.